The molecule has 1 saturated carbocycles. The Morgan fingerprint density at radius 3 is 2.71 bits per heavy atom. The van der Waals surface area contributed by atoms with Gasteiger partial charge in [-0.1, -0.05) is 42.8 Å². The number of aliphatic hydroxyl groups is 1. The van der Waals surface area contributed by atoms with Gasteiger partial charge >= 0.3 is 19.4 Å². The molecule has 0 spiro atoms. The van der Waals surface area contributed by atoms with Crippen molar-refractivity contribution in [2.24, 2.45) is 0 Å². The molecule has 5 rings (SSSR count). The smallest absolute Gasteiger partial charge is 0.459 e. The summed E-state index contributed by atoms with van der Waals surface area (Å²) in [5.41, 5.74) is -2.10. The van der Waals surface area contributed by atoms with Crippen molar-refractivity contribution in [2.45, 2.75) is 76.0 Å². The average molecular weight is 606 g/mol. The molecule has 1 aliphatic heterocycles. The molecule has 2 heterocycles. The minimum Gasteiger partial charge on any atom is -0.461 e. The quantitative estimate of drug-likeness (QED) is 0.231. The van der Waals surface area contributed by atoms with E-state index in [2.05, 4.69) is 5.09 Å². The lowest BCUT2D eigenvalue weighted by molar-refractivity contribution is -0.152. The first-order valence-corrected chi connectivity index (χ1v) is 15.4. The van der Waals surface area contributed by atoms with Gasteiger partial charge in [-0.3, -0.25) is 23.7 Å². The lowest BCUT2D eigenvalue weighted by Gasteiger charge is -2.27. The summed E-state index contributed by atoms with van der Waals surface area (Å²) >= 11 is 0. The van der Waals surface area contributed by atoms with Crippen LogP contribution in [0.4, 0.5) is 4.39 Å². The monoisotopic (exact) mass is 605 g/mol. The van der Waals surface area contributed by atoms with E-state index < -0.39 is 61.9 Å². The molecule has 0 amide bonds. The zero-order valence-electron chi connectivity index (χ0n) is 22.9. The van der Waals surface area contributed by atoms with Gasteiger partial charge in [0.15, 0.2) is 0 Å². The molecule has 3 aromatic rings. The minimum atomic E-state index is -4.32. The number of esters is 1. The van der Waals surface area contributed by atoms with Gasteiger partial charge in [-0.05, 0) is 44.1 Å². The van der Waals surface area contributed by atoms with E-state index in [9.17, 15) is 28.4 Å². The highest BCUT2D eigenvalue weighted by Crippen LogP contribution is 2.47. The van der Waals surface area contributed by atoms with Gasteiger partial charge in [0.05, 0.1) is 18.9 Å². The first kappa shape index (κ1) is 30.1. The van der Waals surface area contributed by atoms with Gasteiger partial charge in [-0.2, -0.15) is 9.48 Å². The van der Waals surface area contributed by atoms with Crippen molar-refractivity contribution >= 4 is 24.5 Å². The lowest BCUT2D eigenvalue weighted by Crippen LogP contribution is -2.38. The van der Waals surface area contributed by atoms with E-state index in [4.69, 9.17) is 18.5 Å². The second-order valence-corrected chi connectivity index (χ2v) is 12.2. The summed E-state index contributed by atoms with van der Waals surface area (Å²) in [7, 11) is -4.32. The standard InChI is InChI=1S/C28H33FN3O9P/c1-17(27(35)39-19-10-3-2-4-11-19)31-42(37,41-23-13-7-9-18-8-5-6-12-20(18)23)38-16-24-22(33)14-25(40-24)32-15-21(29)26(34)30-28(32)36/h5-9,12-13,15,17,19,22,24-25,33H,2-4,10-11,14,16H2,1H3,(H,31,37)(H,30,34,36)/t17-,22-,24+,25+,42?/m0/s1. The highest BCUT2D eigenvalue weighted by atomic mass is 31.2. The number of H-pyrrole nitrogens is 1. The fourth-order valence-electron chi connectivity index (χ4n) is 5.12. The first-order chi connectivity index (χ1) is 20.1. The molecule has 42 heavy (non-hydrogen) atoms. The number of carbonyl (C=O) groups is 1. The maximum atomic E-state index is 14.1. The van der Waals surface area contributed by atoms with Crippen molar-refractivity contribution in [3.63, 3.8) is 0 Å². The third kappa shape index (κ3) is 6.99. The SMILES string of the molecule is C[C@H](NP(=O)(OC[C@H]1O[C@@H](n2cc(F)c(=O)[nH]c2=O)C[C@@H]1O)Oc1cccc2ccccc12)C(=O)OC1CCCCC1. The molecule has 0 radical (unpaired) electrons. The van der Waals surface area contributed by atoms with E-state index in [-0.39, 0.29) is 18.3 Å². The Kier molecular flexibility index (Phi) is 9.24. The molecule has 1 aliphatic carbocycles. The molecule has 5 atom stereocenters. The fraction of sp³-hybridized carbons (Fsp3) is 0.464. The summed E-state index contributed by atoms with van der Waals surface area (Å²) in [6.07, 6.45) is 1.47. The van der Waals surface area contributed by atoms with Crippen molar-refractivity contribution in [2.75, 3.05) is 6.61 Å². The average Bonchev–Trinajstić information content (AvgIpc) is 3.34. The summed E-state index contributed by atoms with van der Waals surface area (Å²) < 4.78 is 51.7. The second kappa shape index (κ2) is 12.9. The van der Waals surface area contributed by atoms with Crippen LogP contribution in [0.25, 0.3) is 10.8 Å². The molecule has 2 aliphatic rings. The lowest BCUT2D eigenvalue weighted by atomic mass is 9.98. The van der Waals surface area contributed by atoms with Crippen LogP contribution in [0.3, 0.4) is 0 Å². The molecule has 14 heteroatoms. The van der Waals surface area contributed by atoms with Crippen LogP contribution in [-0.2, 0) is 23.4 Å². The number of halogens is 1. The van der Waals surface area contributed by atoms with Crippen LogP contribution in [-0.4, -0.2) is 51.6 Å². The largest absolute Gasteiger partial charge is 0.461 e. The second-order valence-electron chi connectivity index (χ2n) is 10.5. The van der Waals surface area contributed by atoms with Crippen LogP contribution in [0.15, 0.2) is 58.3 Å². The Morgan fingerprint density at radius 1 is 1.19 bits per heavy atom. The van der Waals surface area contributed by atoms with Crippen molar-refractivity contribution in [1.29, 1.82) is 0 Å². The zero-order chi connectivity index (χ0) is 29.9. The minimum absolute atomic E-state index is 0.133. The van der Waals surface area contributed by atoms with Gasteiger partial charge in [0.25, 0.3) is 5.56 Å². The summed E-state index contributed by atoms with van der Waals surface area (Å²) in [5.74, 6) is -1.57. The van der Waals surface area contributed by atoms with Crippen molar-refractivity contribution in [1.82, 2.24) is 14.6 Å². The number of rotatable bonds is 10. The molecule has 3 N–H and O–H groups in total. The van der Waals surface area contributed by atoms with Gasteiger partial charge in [0.1, 0.15) is 30.2 Å². The highest BCUT2D eigenvalue weighted by molar-refractivity contribution is 7.52. The van der Waals surface area contributed by atoms with E-state index in [1.54, 1.807) is 24.3 Å². The number of fused-ring (bicyclic) bond motifs is 1. The van der Waals surface area contributed by atoms with Crippen LogP contribution in [0, 0.1) is 5.82 Å². The summed E-state index contributed by atoms with van der Waals surface area (Å²) in [4.78, 5) is 38.3. The maximum absolute atomic E-state index is 14.1. The fourth-order valence-corrected chi connectivity index (χ4v) is 6.64. The number of hydrogen-bond acceptors (Lipinski definition) is 9. The molecule has 1 aromatic heterocycles. The number of carbonyl (C=O) groups excluding carboxylic acids is 1. The molecule has 2 aromatic carbocycles. The molecular weight excluding hydrogens is 572 g/mol. The van der Waals surface area contributed by atoms with E-state index in [1.165, 1.54) is 6.92 Å². The van der Waals surface area contributed by atoms with E-state index >= 15 is 0 Å². The van der Waals surface area contributed by atoms with E-state index in [0.717, 1.165) is 42.1 Å². The van der Waals surface area contributed by atoms with Crippen LogP contribution in [0.1, 0.15) is 51.7 Å². The zero-order valence-corrected chi connectivity index (χ0v) is 23.8. The first-order valence-electron chi connectivity index (χ1n) is 13.9. The normalized spacial score (nSPS) is 23.4. The number of aliphatic hydroxyl groups excluding tert-OH is 1. The number of ether oxygens (including phenoxy) is 2. The summed E-state index contributed by atoms with van der Waals surface area (Å²) in [5, 5.41) is 14.7. The molecule has 0 bridgehead atoms. The van der Waals surface area contributed by atoms with E-state index in [0.29, 0.717) is 11.6 Å². The number of nitrogens with zero attached hydrogens (tertiary/aromatic N) is 1. The molecule has 1 saturated heterocycles. The van der Waals surface area contributed by atoms with Crippen LogP contribution in [0.5, 0.6) is 5.75 Å². The third-order valence-corrected chi connectivity index (χ3v) is 8.99. The van der Waals surface area contributed by atoms with E-state index in [1.807, 2.05) is 23.2 Å². The molecule has 226 valence electrons. The predicted molar refractivity (Wildman–Crippen MR) is 150 cm³/mol. The topological polar surface area (TPSA) is 158 Å². The maximum Gasteiger partial charge on any atom is 0.459 e. The Hall–Kier alpha value is -3.35. The van der Waals surface area contributed by atoms with Gasteiger partial charge in [-0.15, -0.1) is 0 Å². The van der Waals surface area contributed by atoms with Crippen molar-refractivity contribution < 1.29 is 37.4 Å². The van der Waals surface area contributed by atoms with Gasteiger partial charge in [-0.25, -0.2) is 9.36 Å². The van der Waals surface area contributed by atoms with Crippen molar-refractivity contribution in [3.8, 4) is 5.75 Å². The summed E-state index contributed by atoms with van der Waals surface area (Å²) in [6.45, 7) is 1.01. The van der Waals surface area contributed by atoms with Gasteiger partial charge in [0, 0.05) is 11.8 Å². The van der Waals surface area contributed by atoms with Crippen LogP contribution >= 0.6 is 7.75 Å². The third-order valence-electron chi connectivity index (χ3n) is 7.36. The number of aromatic amines is 1. The Balaban J connectivity index is 1.33. The number of nitrogens with one attached hydrogen (secondary N) is 2. The van der Waals surface area contributed by atoms with Crippen molar-refractivity contribution in [3.05, 3.63) is 75.3 Å². The highest BCUT2D eigenvalue weighted by Gasteiger charge is 2.40. The predicted octanol–water partition coefficient (Wildman–Crippen LogP) is 3.54. The van der Waals surface area contributed by atoms with Gasteiger partial charge in [0.2, 0.25) is 5.82 Å². The van der Waals surface area contributed by atoms with Gasteiger partial charge < -0.3 is 19.1 Å². The number of benzene rings is 2. The number of hydrogen-bond donors (Lipinski definition) is 3. The molecule has 1 unspecified atom stereocenters. The molecular formula is C28H33FN3O9P. The molecule has 2 fully saturated rings. The summed E-state index contributed by atoms with van der Waals surface area (Å²) in [6, 6.07) is 11.4. The Bertz CT molecular complexity index is 1580. The Morgan fingerprint density at radius 2 is 1.93 bits per heavy atom. The Labute approximate surface area is 240 Å². The molecule has 12 nitrogen and oxygen atoms in total. The van der Waals surface area contributed by atoms with Crippen LogP contribution in [0.2, 0.25) is 0 Å². The number of aromatic nitrogens is 2. The van der Waals surface area contributed by atoms with Crippen LogP contribution < -0.4 is 20.9 Å².